The highest BCUT2D eigenvalue weighted by atomic mass is 32.2. The van der Waals surface area contributed by atoms with Crippen LogP contribution in [0.5, 0.6) is 0 Å². The van der Waals surface area contributed by atoms with Crippen molar-refractivity contribution in [3.63, 3.8) is 0 Å². The molecule has 2 heterocycles. The molecule has 0 aliphatic heterocycles. The minimum atomic E-state index is -3.69. The topological polar surface area (TPSA) is 108 Å². The Balaban J connectivity index is 1.47. The van der Waals surface area contributed by atoms with Crippen LogP contribution in [-0.2, 0) is 10.0 Å². The molecule has 2 aromatic heterocycles. The van der Waals surface area contributed by atoms with E-state index in [0.717, 1.165) is 21.5 Å². The van der Waals surface area contributed by atoms with Crippen molar-refractivity contribution in [2.24, 2.45) is 0 Å². The molecule has 178 valence electrons. The Hall–Kier alpha value is -2.89. The Morgan fingerprint density at radius 1 is 1.15 bits per heavy atom. The predicted octanol–water partition coefficient (Wildman–Crippen LogP) is 4.37. The summed E-state index contributed by atoms with van der Waals surface area (Å²) in [6.45, 7) is 6.34. The summed E-state index contributed by atoms with van der Waals surface area (Å²) < 4.78 is 28.8. The van der Waals surface area contributed by atoms with E-state index in [1.54, 1.807) is 43.3 Å². The van der Waals surface area contributed by atoms with Gasteiger partial charge in [0.05, 0.1) is 15.5 Å². The SMILES string of the molecule is CCN(c1ccc2sc(C(=O)NCCSc3n[nH]c(C)n3)cc2c1)S(=O)(=O)c1ccc(C)cc1. The number of rotatable bonds is 9. The quantitative estimate of drug-likeness (QED) is 0.253. The number of hydrogen-bond acceptors (Lipinski definition) is 7. The highest BCUT2D eigenvalue weighted by Gasteiger charge is 2.24. The van der Waals surface area contributed by atoms with E-state index in [9.17, 15) is 13.2 Å². The van der Waals surface area contributed by atoms with Gasteiger partial charge in [-0.2, -0.15) is 0 Å². The summed E-state index contributed by atoms with van der Waals surface area (Å²) in [5.74, 6) is 1.25. The van der Waals surface area contributed by atoms with Crippen molar-refractivity contribution in [1.29, 1.82) is 0 Å². The molecule has 4 rings (SSSR count). The van der Waals surface area contributed by atoms with Crippen molar-refractivity contribution in [1.82, 2.24) is 20.5 Å². The molecule has 0 aliphatic rings. The molecule has 0 saturated carbocycles. The number of anilines is 1. The summed E-state index contributed by atoms with van der Waals surface area (Å²) in [6.07, 6.45) is 0. The molecule has 2 N–H and O–H groups in total. The van der Waals surface area contributed by atoms with Gasteiger partial charge in [0.25, 0.3) is 15.9 Å². The molecular formula is C23H25N5O3S3. The Labute approximate surface area is 206 Å². The molecule has 0 fully saturated rings. The number of benzene rings is 2. The number of hydrogen-bond donors (Lipinski definition) is 2. The monoisotopic (exact) mass is 515 g/mol. The molecule has 0 radical (unpaired) electrons. The summed E-state index contributed by atoms with van der Waals surface area (Å²) in [5, 5.41) is 11.2. The van der Waals surface area contributed by atoms with Crippen molar-refractivity contribution in [3.05, 3.63) is 64.8 Å². The first kappa shape index (κ1) is 24.2. The van der Waals surface area contributed by atoms with Crippen LogP contribution in [0.1, 0.15) is 28.0 Å². The lowest BCUT2D eigenvalue weighted by atomic mass is 10.2. The minimum Gasteiger partial charge on any atom is -0.350 e. The van der Waals surface area contributed by atoms with E-state index >= 15 is 0 Å². The Bertz CT molecular complexity index is 1410. The van der Waals surface area contributed by atoms with E-state index in [1.807, 2.05) is 26.0 Å². The molecule has 11 heteroatoms. The zero-order valence-corrected chi connectivity index (χ0v) is 21.5. The first-order chi connectivity index (χ1) is 16.3. The van der Waals surface area contributed by atoms with Gasteiger partial charge in [-0.1, -0.05) is 29.5 Å². The number of amides is 1. The van der Waals surface area contributed by atoms with Crippen LogP contribution in [0.2, 0.25) is 0 Å². The van der Waals surface area contributed by atoms with Crippen LogP contribution in [0.15, 0.2) is 58.6 Å². The van der Waals surface area contributed by atoms with Crippen LogP contribution in [0.4, 0.5) is 5.69 Å². The van der Waals surface area contributed by atoms with Crippen LogP contribution >= 0.6 is 23.1 Å². The molecule has 0 aliphatic carbocycles. The lowest BCUT2D eigenvalue weighted by Crippen LogP contribution is -2.30. The Kier molecular flexibility index (Phi) is 7.24. The van der Waals surface area contributed by atoms with Crippen molar-refractivity contribution in [2.75, 3.05) is 23.1 Å². The number of thioether (sulfide) groups is 1. The number of carbonyl (C=O) groups excluding carboxylic acids is 1. The average molecular weight is 516 g/mol. The number of thiophene rings is 1. The number of aromatic nitrogens is 3. The van der Waals surface area contributed by atoms with Gasteiger partial charge in [-0.05, 0) is 62.6 Å². The molecule has 0 saturated heterocycles. The number of carbonyl (C=O) groups is 1. The lowest BCUT2D eigenvalue weighted by Gasteiger charge is -2.23. The smallest absolute Gasteiger partial charge is 0.264 e. The fraction of sp³-hybridized carbons (Fsp3) is 0.261. The van der Waals surface area contributed by atoms with Gasteiger partial charge in [-0.25, -0.2) is 13.4 Å². The molecule has 4 aromatic rings. The van der Waals surface area contributed by atoms with E-state index < -0.39 is 10.0 Å². The van der Waals surface area contributed by atoms with E-state index in [2.05, 4.69) is 20.5 Å². The molecule has 8 nitrogen and oxygen atoms in total. The van der Waals surface area contributed by atoms with Crippen LogP contribution < -0.4 is 9.62 Å². The van der Waals surface area contributed by atoms with Gasteiger partial charge in [0.1, 0.15) is 5.82 Å². The normalized spacial score (nSPS) is 11.6. The predicted molar refractivity (Wildman–Crippen MR) is 137 cm³/mol. The number of aryl methyl sites for hydroxylation is 2. The van der Waals surface area contributed by atoms with Crippen molar-refractivity contribution < 1.29 is 13.2 Å². The Morgan fingerprint density at radius 3 is 2.59 bits per heavy atom. The minimum absolute atomic E-state index is 0.158. The van der Waals surface area contributed by atoms with Gasteiger partial charge >= 0.3 is 0 Å². The highest BCUT2D eigenvalue weighted by Crippen LogP contribution is 2.32. The number of fused-ring (bicyclic) bond motifs is 1. The van der Waals surface area contributed by atoms with Gasteiger partial charge in [0, 0.05) is 23.5 Å². The first-order valence-corrected chi connectivity index (χ1v) is 13.9. The third kappa shape index (κ3) is 5.26. The summed E-state index contributed by atoms with van der Waals surface area (Å²) in [5.41, 5.74) is 1.57. The van der Waals surface area contributed by atoms with E-state index in [1.165, 1.54) is 27.4 Å². The molecule has 1 amide bonds. The van der Waals surface area contributed by atoms with Gasteiger partial charge in [0.2, 0.25) is 5.16 Å². The zero-order valence-electron chi connectivity index (χ0n) is 19.0. The largest absolute Gasteiger partial charge is 0.350 e. The molecule has 0 bridgehead atoms. The summed E-state index contributed by atoms with van der Waals surface area (Å²) in [4.78, 5) is 17.7. The maximum absolute atomic E-state index is 13.2. The second-order valence-electron chi connectivity index (χ2n) is 7.62. The Morgan fingerprint density at radius 2 is 1.91 bits per heavy atom. The number of H-pyrrole nitrogens is 1. The second kappa shape index (κ2) is 10.2. The number of aromatic amines is 1. The molecule has 2 aromatic carbocycles. The molecular weight excluding hydrogens is 490 g/mol. The maximum atomic E-state index is 13.2. The molecule has 0 atom stereocenters. The van der Waals surface area contributed by atoms with Crippen LogP contribution in [0, 0.1) is 13.8 Å². The fourth-order valence-electron chi connectivity index (χ4n) is 3.41. The molecule has 0 unspecified atom stereocenters. The summed E-state index contributed by atoms with van der Waals surface area (Å²) >= 11 is 2.85. The maximum Gasteiger partial charge on any atom is 0.264 e. The summed E-state index contributed by atoms with van der Waals surface area (Å²) in [7, 11) is -3.69. The number of sulfonamides is 1. The van der Waals surface area contributed by atoms with Crippen molar-refractivity contribution in [3.8, 4) is 0 Å². The van der Waals surface area contributed by atoms with Gasteiger partial charge < -0.3 is 5.32 Å². The van der Waals surface area contributed by atoms with Gasteiger partial charge in [-0.3, -0.25) is 14.2 Å². The van der Waals surface area contributed by atoms with E-state index in [4.69, 9.17) is 0 Å². The number of nitrogens with one attached hydrogen (secondary N) is 2. The van der Waals surface area contributed by atoms with Crippen molar-refractivity contribution in [2.45, 2.75) is 30.8 Å². The zero-order chi connectivity index (χ0) is 24.3. The van der Waals surface area contributed by atoms with Crippen LogP contribution in [0.3, 0.4) is 0 Å². The van der Waals surface area contributed by atoms with Gasteiger partial charge in [-0.15, -0.1) is 16.4 Å². The van der Waals surface area contributed by atoms with Crippen LogP contribution in [-0.4, -0.2) is 48.3 Å². The highest BCUT2D eigenvalue weighted by molar-refractivity contribution is 7.99. The van der Waals surface area contributed by atoms with Crippen molar-refractivity contribution >= 4 is 54.8 Å². The lowest BCUT2D eigenvalue weighted by molar-refractivity contribution is 0.0960. The standard InChI is InChI=1S/C23H25N5O3S3/c1-4-28(34(30,31)19-8-5-15(2)6-9-19)18-7-10-20-17(13-18)14-21(33-20)22(29)24-11-12-32-23-25-16(3)26-27-23/h5-10,13-14H,4,11-12H2,1-3H3,(H,24,29)(H,25,26,27). The molecule has 34 heavy (non-hydrogen) atoms. The van der Waals surface area contributed by atoms with Gasteiger partial charge in [0.15, 0.2) is 0 Å². The van der Waals surface area contributed by atoms with E-state index in [-0.39, 0.29) is 10.8 Å². The first-order valence-electron chi connectivity index (χ1n) is 10.7. The fourth-order valence-corrected chi connectivity index (χ4v) is 6.53. The summed E-state index contributed by atoms with van der Waals surface area (Å²) in [6, 6.07) is 14.1. The molecule has 0 spiro atoms. The second-order valence-corrected chi connectivity index (χ2v) is 11.6. The number of nitrogens with zero attached hydrogens (tertiary/aromatic N) is 3. The van der Waals surface area contributed by atoms with Crippen LogP contribution in [0.25, 0.3) is 10.1 Å². The third-order valence-corrected chi connectivity index (χ3v) is 8.98. The van der Waals surface area contributed by atoms with E-state index in [0.29, 0.717) is 34.6 Å². The average Bonchev–Trinajstić information content (AvgIpc) is 3.43. The third-order valence-electron chi connectivity index (χ3n) is 5.10.